The van der Waals surface area contributed by atoms with Crippen molar-refractivity contribution in [2.75, 3.05) is 28.2 Å². The number of fused-ring (bicyclic) bond motifs is 2. The van der Waals surface area contributed by atoms with Crippen molar-refractivity contribution in [3.8, 4) is 0 Å². The highest BCUT2D eigenvalue weighted by atomic mass is 19.4. The van der Waals surface area contributed by atoms with E-state index in [0.29, 0.717) is 29.0 Å². The average Bonchev–Trinajstić information content (AvgIpc) is 3.06. The molecule has 3 aliphatic heterocycles. The molecule has 1 N–H and O–H groups in total. The SMILES string of the molecule is O=C(Nc1ccc(N2C3CCCC2CC3)c(F)c1)C1=CCN(c2ncccc2C(F)(F)F)CC1. The zero-order valence-corrected chi connectivity index (χ0v) is 18.6. The topological polar surface area (TPSA) is 48.5 Å². The summed E-state index contributed by atoms with van der Waals surface area (Å²) in [5, 5.41) is 2.73. The van der Waals surface area contributed by atoms with Gasteiger partial charge in [-0.1, -0.05) is 6.08 Å². The second-order valence-corrected chi connectivity index (χ2v) is 9.14. The minimum absolute atomic E-state index is 0.133. The molecule has 5 rings (SSSR count). The van der Waals surface area contributed by atoms with Crippen LogP contribution in [0.2, 0.25) is 0 Å². The molecule has 2 unspecified atom stereocenters. The van der Waals surface area contributed by atoms with Gasteiger partial charge in [-0.05, 0) is 68.9 Å². The molecule has 34 heavy (non-hydrogen) atoms. The molecule has 0 saturated carbocycles. The third-order valence-electron chi connectivity index (χ3n) is 7.07. The van der Waals surface area contributed by atoms with E-state index in [1.54, 1.807) is 18.2 Å². The summed E-state index contributed by atoms with van der Waals surface area (Å²) in [6, 6.07) is 7.83. The van der Waals surface area contributed by atoms with Gasteiger partial charge < -0.3 is 15.1 Å². The molecule has 1 aromatic carbocycles. The van der Waals surface area contributed by atoms with Gasteiger partial charge in [0.25, 0.3) is 5.91 Å². The largest absolute Gasteiger partial charge is 0.419 e. The van der Waals surface area contributed by atoms with E-state index in [-0.39, 0.29) is 37.1 Å². The van der Waals surface area contributed by atoms with Crippen LogP contribution < -0.4 is 15.1 Å². The Balaban J connectivity index is 1.25. The molecule has 2 bridgehead atoms. The number of halogens is 4. The fourth-order valence-electron chi connectivity index (χ4n) is 5.45. The lowest BCUT2D eigenvalue weighted by atomic mass is 10.0. The predicted octanol–water partition coefficient (Wildman–Crippen LogP) is 5.54. The standard InChI is InChI=1S/C25H26F4N4O/c26-21-15-17(6-9-22(21)33-18-3-1-4-19(33)8-7-18)31-24(34)16-10-13-32(14-11-16)23-20(25(27,28)29)5-2-12-30-23/h2,5-6,9-10,12,15,18-19H,1,3-4,7-8,11,13-14H2,(H,31,34). The predicted molar refractivity (Wildman–Crippen MR) is 122 cm³/mol. The first kappa shape index (κ1) is 22.7. The monoisotopic (exact) mass is 474 g/mol. The second kappa shape index (κ2) is 8.92. The summed E-state index contributed by atoms with van der Waals surface area (Å²) in [7, 11) is 0. The van der Waals surface area contributed by atoms with E-state index in [0.717, 1.165) is 31.7 Å². The minimum Gasteiger partial charge on any atom is -0.363 e. The number of alkyl halides is 3. The van der Waals surface area contributed by atoms with E-state index in [4.69, 9.17) is 0 Å². The molecule has 0 aliphatic carbocycles. The number of anilines is 3. The van der Waals surface area contributed by atoms with Crippen LogP contribution in [0.25, 0.3) is 0 Å². The lowest BCUT2D eigenvalue weighted by molar-refractivity contribution is -0.137. The number of hydrogen-bond donors (Lipinski definition) is 1. The molecule has 2 aromatic rings. The summed E-state index contributed by atoms with van der Waals surface area (Å²) in [4.78, 5) is 20.3. The van der Waals surface area contributed by atoms with Gasteiger partial charge in [0.1, 0.15) is 11.6 Å². The van der Waals surface area contributed by atoms with Crippen molar-refractivity contribution in [1.29, 1.82) is 0 Å². The van der Waals surface area contributed by atoms with E-state index < -0.39 is 11.7 Å². The number of carbonyl (C=O) groups is 1. The first-order valence-corrected chi connectivity index (χ1v) is 11.7. The van der Waals surface area contributed by atoms with Gasteiger partial charge in [0, 0.05) is 42.6 Å². The van der Waals surface area contributed by atoms with E-state index in [1.165, 1.54) is 29.7 Å². The van der Waals surface area contributed by atoms with Crippen molar-refractivity contribution in [3.05, 3.63) is 59.6 Å². The molecular formula is C25H26F4N4O. The molecule has 5 nitrogen and oxygen atoms in total. The van der Waals surface area contributed by atoms with Crippen molar-refractivity contribution < 1.29 is 22.4 Å². The molecule has 0 radical (unpaired) electrons. The number of carbonyl (C=O) groups excluding carboxylic acids is 1. The molecule has 180 valence electrons. The van der Waals surface area contributed by atoms with Crippen LogP contribution in [0.3, 0.4) is 0 Å². The quantitative estimate of drug-likeness (QED) is 0.592. The summed E-state index contributed by atoms with van der Waals surface area (Å²) in [5.41, 5.74) is 0.616. The number of piperidine rings is 1. The Hall–Kier alpha value is -3.10. The first-order valence-electron chi connectivity index (χ1n) is 11.7. The smallest absolute Gasteiger partial charge is 0.363 e. The summed E-state index contributed by atoms with van der Waals surface area (Å²) in [6.45, 7) is 0.359. The number of nitrogens with zero attached hydrogens (tertiary/aromatic N) is 3. The number of aromatic nitrogens is 1. The van der Waals surface area contributed by atoms with Crippen LogP contribution in [0, 0.1) is 5.82 Å². The Morgan fingerprint density at radius 3 is 2.50 bits per heavy atom. The highest BCUT2D eigenvalue weighted by Gasteiger charge is 2.38. The Kier molecular flexibility index (Phi) is 5.95. The second-order valence-electron chi connectivity index (χ2n) is 9.14. The van der Waals surface area contributed by atoms with Crippen molar-refractivity contribution in [2.45, 2.75) is 56.8 Å². The normalized spacial score (nSPS) is 22.5. The lowest BCUT2D eigenvalue weighted by Gasteiger charge is -2.37. The summed E-state index contributed by atoms with van der Waals surface area (Å²) >= 11 is 0. The molecule has 2 saturated heterocycles. The van der Waals surface area contributed by atoms with Gasteiger partial charge in [0.2, 0.25) is 0 Å². The minimum atomic E-state index is -4.51. The number of benzene rings is 1. The fraction of sp³-hybridized carbons (Fsp3) is 0.440. The third kappa shape index (κ3) is 4.35. The van der Waals surface area contributed by atoms with Crippen LogP contribution in [0.5, 0.6) is 0 Å². The molecule has 9 heteroatoms. The maximum atomic E-state index is 15.0. The van der Waals surface area contributed by atoms with Crippen molar-refractivity contribution in [1.82, 2.24) is 4.98 Å². The fourth-order valence-corrected chi connectivity index (χ4v) is 5.45. The molecule has 4 heterocycles. The van der Waals surface area contributed by atoms with Crippen LogP contribution in [-0.2, 0) is 11.0 Å². The van der Waals surface area contributed by atoms with Crippen LogP contribution >= 0.6 is 0 Å². The summed E-state index contributed by atoms with van der Waals surface area (Å²) < 4.78 is 54.9. The molecule has 2 fully saturated rings. The Morgan fingerprint density at radius 2 is 1.85 bits per heavy atom. The maximum Gasteiger partial charge on any atom is 0.419 e. The van der Waals surface area contributed by atoms with Gasteiger partial charge in [0.05, 0.1) is 11.3 Å². The average molecular weight is 475 g/mol. The van der Waals surface area contributed by atoms with E-state index >= 15 is 0 Å². The first-order chi connectivity index (χ1) is 16.3. The van der Waals surface area contributed by atoms with E-state index in [9.17, 15) is 22.4 Å². The Bertz CT molecular complexity index is 1100. The van der Waals surface area contributed by atoms with Gasteiger partial charge in [-0.2, -0.15) is 13.2 Å². The highest BCUT2D eigenvalue weighted by Crippen LogP contribution is 2.41. The van der Waals surface area contributed by atoms with Crippen LogP contribution in [-0.4, -0.2) is 36.1 Å². The summed E-state index contributed by atoms with van der Waals surface area (Å²) in [6.07, 6.45) is 4.23. The zero-order valence-electron chi connectivity index (χ0n) is 18.6. The van der Waals surface area contributed by atoms with Gasteiger partial charge in [-0.25, -0.2) is 9.37 Å². The molecule has 3 aliphatic rings. The Morgan fingerprint density at radius 1 is 1.09 bits per heavy atom. The van der Waals surface area contributed by atoms with Crippen LogP contribution in [0.1, 0.15) is 44.1 Å². The molecule has 2 atom stereocenters. The molecule has 0 spiro atoms. The van der Waals surface area contributed by atoms with E-state index in [2.05, 4.69) is 15.2 Å². The highest BCUT2D eigenvalue weighted by molar-refractivity contribution is 6.04. The van der Waals surface area contributed by atoms with Gasteiger partial charge in [0.15, 0.2) is 0 Å². The number of amides is 1. The maximum absolute atomic E-state index is 15.0. The van der Waals surface area contributed by atoms with Gasteiger partial charge >= 0.3 is 6.18 Å². The molecular weight excluding hydrogens is 448 g/mol. The summed E-state index contributed by atoms with van der Waals surface area (Å²) in [5.74, 6) is -0.868. The van der Waals surface area contributed by atoms with Gasteiger partial charge in [-0.15, -0.1) is 0 Å². The molecule has 1 aromatic heterocycles. The third-order valence-corrected chi connectivity index (χ3v) is 7.07. The Labute approximate surface area is 195 Å². The van der Waals surface area contributed by atoms with Crippen molar-refractivity contribution in [2.24, 2.45) is 0 Å². The van der Waals surface area contributed by atoms with Crippen molar-refractivity contribution in [3.63, 3.8) is 0 Å². The van der Waals surface area contributed by atoms with E-state index in [1.807, 2.05) is 0 Å². The van der Waals surface area contributed by atoms with Gasteiger partial charge in [-0.3, -0.25) is 4.79 Å². The van der Waals surface area contributed by atoms with Crippen LogP contribution in [0.15, 0.2) is 48.2 Å². The number of nitrogens with one attached hydrogen (secondary N) is 1. The van der Waals surface area contributed by atoms with Crippen LogP contribution in [0.4, 0.5) is 34.8 Å². The zero-order chi connectivity index (χ0) is 23.9. The number of hydrogen-bond acceptors (Lipinski definition) is 4. The number of rotatable bonds is 4. The molecule has 1 amide bonds. The number of pyridine rings is 1. The lowest BCUT2D eigenvalue weighted by Crippen LogP contribution is -2.40. The van der Waals surface area contributed by atoms with Crippen molar-refractivity contribution >= 4 is 23.1 Å².